The van der Waals surface area contributed by atoms with Crippen LogP contribution in [0.1, 0.15) is 73.3 Å². The van der Waals surface area contributed by atoms with E-state index >= 15 is 0 Å². The van der Waals surface area contributed by atoms with Gasteiger partial charge in [0.05, 0.1) is 32.0 Å². The highest BCUT2D eigenvalue weighted by atomic mass is 28.4. The molecule has 6 heteroatoms. The summed E-state index contributed by atoms with van der Waals surface area (Å²) >= 11 is 0. The SMILES string of the molecule is C=CCC[C@@H](O[Si](C)(C)C(C)(C)C)[C@@H](CO[Si](C)(C)C(C)(C)C)O[C@@H](COCc1ccccc1)CC(=C)C. The molecule has 1 aromatic carbocycles. The number of rotatable bonds is 17. The summed E-state index contributed by atoms with van der Waals surface area (Å²) in [6.07, 6.45) is 4.02. The van der Waals surface area contributed by atoms with E-state index in [1.54, 1.807) is 0 Å². The van der Waals surface area contributed by atoms with Gasteiger partial charge in [0.2, 0.25) is 0 Å². The van der Waals surface area contributed by atoms with Gasteiger partial charge in [0.15, 0.2) is 16.6 Å². The molecule has 4 nitrogen and oxygen atoms in total. The predicted octanol–water partition coefficient (Wildman–Crippen LogP) is 9.30. The van der Waals surface area contributed by atoms with Crippen LogP contribution in [0.15, 0.2) is 55.1 Å². The molecule has 0 aliphatic carbocycles. The van der Waals surface area contributed by atoms with Crippen LogP contribution in [0.5, 0.6) is 0 Å². The van der Waals surface area contributed by atoms with Gasteiger partial charge < -0.3 is 18.3 Å². The largest absolute Gasteiger partial charge is 0.414 e. The number of hydrogen-bond donors (Lipinski definition) is 0. The maximum absolute atomic E-state index is 7.04. The fraction of sp³-hybridized carbons (Fsp3) is 0.688. The van der Waals surface area contributed by atoms with E-state index in [1.165, 1.54) is 0 Å². The quantitative estimate of drug-likeness (QED) is 0.140. The topological polar surface area (TPSA) is 36.9 Å². The van der Waals surface area contributed by atoms with Gasteiger partial charge in [0.1, 0.15) is 6.10 Å². The second-order valence-electron chi connectivity index (χ2n) is 13.8. The molecule has 3 atom stereocenters. The monoisotopic (exact) mass is 562 g/mol. The summed E-state index contributed by atoms with van der Waals surface area (Å²) < 4.78 is 26.8. The first-order valence-electron chi connectivity index (χ1n) is 14.2. The van der Waals surface area contributed by atoms with E-state index in [4.69, 9.17) is 18.3 Å². The van der Waals surface area contributed by atoms with E-state index in [9.17, 15) is 0 Å². The van der Waals surface area contributed by atoms with Crippen molar-refractivity contribution < 1.29 is 18.3 Å². The molecule has 0 fully saturated rings. The normalized spacial score (nSPS) is 15.7. The van der Waals surface area contributed by atoms with Crippen molar-refractivity contribution in [3.8, 4) is 0 Å². The molecule has 0 aromatic heterocycles. The molecule has 0 saturated heterocycles. The maximum Gasteiger partial charge on any atom is 0.192 e. The highest BCUT2D eigenvalue weighted by molar-refractivity contribution is 6.74. The average molecular weight is 563 g/mol. The molecule has 38 heavy (non-hydrogen) atoms. The fourth-order valence-corrected chi connectivity index (χ4v) is 5.96. The van der Waals surface area contributed by atoms with E-state index in [0.29, 0.717) is 19.8 Å². The zero-order valence-corrected chi connectivity index (χ0v) is 28.5. The first kappa shape index (κ1) is 35.0. The van der Waals surface area contributed by atoms with Crippen molar-refractivity contribution in [3.63, 3.8) is 0 Å². The number of allylic oxidation sites excluding steroid dienone is 1. The van der Waals surface area contributed by atoms with Crippen molar-refractivity contribution in [3.05, 3.63) is 60.7 Å². The summed E-state index contributed by atoms with van der Waals surface area (Å²) in [5, 5.41) is 0.213. The molecule has 0 aliphatic heterocycles. The first-order valence-corrected chi connectivity index (χ1v) is 20.1. The third-order valence-electron chi connectivity index (χ3n) is 8.10. The Hall–Kier alpha value is -1.03. The summed E-state index contributed by atoms with van der Waals surface area (Å²) in [7, 11) is -4.04. The number of benzene rings is 1. The Morgan fingerprint density at radius 1 is 0.895 bits per heavy atom. The standard InChI is InChI=1S/C32H58O4Si2/c1-14-15-21-29(36-38(12,13)32(7,8)9)30(25-34-37(10,11)31(4,5)6)35-28(22-26(2)3)24-33-23-27-19-17-16-18-20-27/h14,16-20,28-30H,1-2,15,21-25H2,3-13H3/t28-,29-,30-/m1/s1. The molecule has 0 bridgehead atoms. The van der Waals surface area contributed by atoms with E-state index in [1.807, 2.05) is 24.3 Å². The third-order valence-corrected chi connectivity index (χ3v) is 17.1. The van der Waals surface area contributed by atoms with Crippen molar-refractivity contribution in [1.82, 2.24) is 0 Å². The first-order chi connectivity index (χ1) is 17.4. The highest BCUT2D eigenvalue weighted by Gasteiger charge is 2.43. The molecule has 0 amide bonds. The van der Waals surface area contributed by atoms with Crippen molar-refractivity contribution in [2.24, 2.45) is 0 Å². The second kappa shape index (κ2) is 15.1. The van der Waals surface area contributed by atoms with Gasteiger partial charge in [-0.05, 0) is 68.0 Å². The minimum Gasteiger partial charge on any atom is -0.414 e. The van der Waals surface area contributed by atoms with Gasteiger partial charge in [0.25, 0.3) is 0 Å². The minimum atomic E-state index is -2.05. The Morgan fingerprint density at radius 2 is 1.47 bits per heavy atom. The lowest BCUT2D eigenvalue weighted by molar-refractivity contribution is -0.114. The van der Waals surface area contributed by atoms with E-state index in [2.05, 4.69) is 99.9 Å². The lowest BCUT2D eigenvalue weighted by Crippen LogP contribution is -2.51. The highest BCUT2D eigenvalue weighted by Crippen LogP contribution is 2.40. The Bertz CT molecular complexity index is 837. The van der Waals surface area contributed by atoms with Crippen LogP contribution in [-0.2, 0) is 24.9 Å². The number of ether oxygens (including phenoxy) is 2. The van der Waals surface area contributed by atoms with Gasteiger partial charge in [-0.15, -0.1) is 13.2 Å². The molecule has 0 aliphatic rings. The van der Waals surface area contributed by atoms with Gasteiger partial charge in [0, 0.05) is 0 Å². The Balaban J connectivity index is 3.24. The summed E-state index contributed by atoms with van der Waals surface area (Å²) in [6.45, 7) is 34.7. The molecular formula is C32H58O4Si2. The summed E-state index contributed by atoms with van der Waals surface area (Å²) in [4.78, 5) is 0. The molecular weight excluding hydrogens is 505 g/mol. The maximum atomic E-state index is 7.04. The van der Waals surface area contributed by atoms with Gasteiger partial charge in [-0.2, -0.15) is 0 Å². The lowest BCUT2D eigenvalue weighted by atomic mass is 10.1. The molecule has 1 aromatic rings. The van der Waals surface area contributed by atoms with Crippen molar-refractivity contribution >= 4 is 16.6 Å². The van der Waals surface area contributed by atoms with Crippen molar-refractivity contribution in [1.29, 1.82) is 0 Å². The van der Waals surface area contributed by atoms with E-state index < -0.39 is 16.6 Å². The molecule has 0 spiro atoms. The van der Waals surface area contributed by atoms with Crippen LogP contribution >= 0.6 is 0 Å². The summed E-state index contributed by atoms with van der Waals surface area (Å²) in [6, 6.07) is 10.3. The molecule has 0 unspecified atom stereocenters. The van der Waals surface area contributed by atoms with Gasteiger partial charge in [-0.25, -0.2) is 0 Å². The van der Waals surface area contributed by atoms with Crippen LogP contribution < -0.4 is 0 Å². The molecule has 0 saturated carbocycles. The van der Waals surface area contributed by atoms with Crippen molar-refractivity contribution in [2.75, 3.05) is 13.2 Å². The second-order valence-corrected chi connectivity index (χ2v) is 23.4. The number of hydrogen-bond acceptors (Lipinski definition) is 4. The van der Waals surface area contributed by atoms with E-state index in [0.717, 1.165) is 30.4 Å². The fourth-order valence-electron chi connectivity index (χ4n) is 3.56. The Kier molecular flexibility index (Phi) is 13.9. The summed E-state index contributed by atoms with van der Waals surface area (Å²) in [5.74, 6) is 0. The molecule has 218 valence electrons. The van der Waals surface area contributed by atoms with E-state index in [-0.39, 0.29) is 28.4 Å². The summed E-state index contributed by atoms with van der Waals surface area (Å²) in [5.41, 5.74) is 2.24. The molecule has 0 radical (unpaired) electrons. The zero-order chi connectivity index (χ0) is 29.2. The zero-order valence-electron chi connectivity index (χ0n) is 26.5. The molecule has 1 rings (SSSR count). The predicted molar refractivity (Wildman–Crippen MR) is 169 cm³/mol. The van der Waals surface area contributed by atoms with Crippen LogP contribution in [0, 0.1) is 0 Å². The van der Waals surface area contributed by atoms with Crippen LogP contribution in [-0.4, -0.2) is 48.2 Å². The van der Waals surface area contributed by atoms with Crippen LogP contribution in [0.25, 0.3) is 0 Å². The van der Waals surface area contributed by atoms with Gasteiger partial charge >= 0.3 is 0 Å². The van der Waals surface area contributed by atoms with Gasteiger partial charge in [-0.1, -0.05) is 83.5 Å². The Morgan fingerprint density at radius 3 is 1.97 bits per heavy atom. The Labute approximate surface area is 237 Å². The molecule has 0 heterocycles. The minimum absolute atomic E-state index is 0.0830. The molecule has 0 N–H and O–H groups in total. The lowest BCUT2D eigenvalue weighted by Gasteiger charge is -2.43. The smallest absolute Gasteiger partial charge is 0.192 e. The van der Waals surface area contributed by atoms with Crippen LogP contribution in [0.3, 0.4) is 0 Å². The van der Waals surface area contributed by atoms with Crippen molar-refractivity contribution in [2.45, 2.75) is 129 Å². The third kappa shape index (κ3) is 12.0. The average Bonchev–Trinajstić information content (AvgIpc) is 2.78. The van der Waals surface area contributed by atoms with Crippen LogP contribution in [0.4, 0.5) is 0 Å². The van der Waals surface area contributed by atoms with Crippen LogP contribution in [0.2, 0.25) is 36.3 Å². The van der Waals surface area contributed by atoms with Gasteiger partial charge in [-0.3, -0.25) is 0 Å².